The molecule has 0 atom stereocenters. The zero-order valence-corrected chi connectivity index (χ0v) is 7.77. The molecule has 0 unspecified atom stereocenters. The first kappa shape index (κ1) is 9.30. The molecular formula is C10H12N2O2. The summed E-state index contributed by atoms with van der Waals surface area (Å²) < 4.78 is 5.04. The van der Waals surface area contributed by atoms with Crippen molar-refractivity contribution in [2.75, 3.05) is 19.8 Å². The van der Waals surface area contributed by atoms with Crippen molar-refractivity contribution >= 4 is 5.78 Å². The average molecular weight is 192 g/mol. The maximum Gasteiger partial charge on any atom is 0.193 e. The molecule has 14 heavy (non-hydrogen) atoms. The van der Waals surface area contributed by atoms with Crippen molar-refractivity contribution in [2.45, 2.75) is 0 Å². The number of ketones is 1. The van der Waals surface area contributed by atoms with Gasteiger partial charge < -0.3 is 10.5 Å². The van der Waals surface area contributed by atoms with Crippen molar-refractivity contribution in [3.05, 3.63) is 30.1 Å². The van der Waals surface area contributed by atoms with Gasteiger partial charge in [-0.2, -0.15) is 0 Å². The highest BCUT2D eigenvalue weighted by molar-refractivity contribution is 5.99. The van der Waals surface area contributed by atoms with E-state index in [1.807, 2.05) is 0 Å². The number of hydrogen-bond acceptors (Lipinski definition) is 4. The lowest BCUT2D eigenvalue weighted by atomic mass is 9.80. The summed E-state index contributed by atoms with van der Waals surface area (Å²) in [5.74, 6) is -0.00755. The number of nitrogens with zero attached hydrogens (tertiary/aromatic N) is 1. The summed E-state index contributed by atoms with van der Waals surface area (Å²) in [4.78, 5) is 16.0. The number of carbonyl (C=O) groups excluding carboxylic acids is 1. The zero-order chi connectivity index (χ0) is 10.0. The summed E-state index contributed by atoms with van der Waals surface area (Å²) in [7, 11) is 0. The first-order valence-electron chi connectivity index (χ1n) is 4.52. The lowest BCUT2D eigenvalue weighted by molar-refractivity contribution is -0.0818. The molecule has 0 bridgehead atoms. The van der Waals surface area contributed by atoms with Gasteiger partial charge in [-0.1, -0.05) is 6.07 Å². The highest BCUT2D eigenvalue weighted by atomic mass is 16.5. The highest BCUT2D eigenvalue weighted by Crippen LogP contribution is 2.29. The van der Waals surface area contributed by atoms with Crippen LogP contribution in [0.4, 0.5) is 0 Å². The molecule has 1 aliphatic rings. The molecule has 4 nitrogen and oxygen atoms in total. The number of hydrogen-bond donors (Lipinski definition) is 1. The van der Waals surface area contributed by atoms with Crippen LogP contribution in [0, 0.1) is 5.41 Å². The summed E-state index contributed by atoms with van der Waals surface area (Å²) in [6, 6.07) is 5.28. The number of carbonyl (C=O) groups is 1. The van der Waals surface area contributed by atoms with E-state index in [0.717, 1.165) is 0 Å². The Morgan fingerprint density at radius 3 is 2.79 bits per heavy atom. The lowest BCUT2D eigenvalue weighted by Crippen LogP contribution is -2.54. The van der Waals surface area contributed by atoms with E-state index in [0.29, 0.717) is 25.5 Å². The molecule has 2 N–H and O–H groups in total. The van der Waals surface area contributed by atoms with E-state index in [1.54, 1.807) is 24.4 Å². The van der Waals surface area contributed by atoms with Crippen LogP contribution in [0.3, 0.4) is 0 Å². The van der Waals surface area contributed by atoms with Gasteiger partial charge in [-0.25, -0.2) is 0 Å². The Bertz CT molecular complexity index is 328. The molecule has 1 aliphatic heterocycles. The van der Waals surface area contributed by atoms with Crippen molar-refractivity contribution in [2.24, 2.45) is 11.1 Å². The fourth-order valence-electron chi connectivity index (χ4n) is 1.46. The van der Waals surface area contributed by atoms with Crippen LogP contribution in [-0.2, 0) is 4.74 Å². The van der Waals surface area contributed by atoms with Crippen LogP contribution in [-0.4, -0.2) is 30.5 Å². The van der Waals surface area contributed by atoms with E-state index in [2.05, 4.69) is 4.98 Å². The predicted molar refractivity (Wildman–Crippen MR) is 50.9 cm³/mol. The molecule has 2 heterocycles. The number of Topliss-reactive ketones (excluding diaryl/α,β-unsaturated/α-hetero) is 1. The SMILES string of the molecule is NCC1(C(=O)c2ccccn2)COC1. The average Bonchev–Trinajstić information content (AvgIpc) is 2.18. The Labute approximate surface area is 82.1 Å². The first-order valence-corrected chi connectivity index (χ1v) is 4.52. The van der Waals surface area contributed by atoms with Crippen LogP contribution < -0.4 is 5.73 Å². The van der Waals surface area contributed by atoms with Crippen molar-refractivity contribution in [3.8, 4) is 0 Å². The Morgan fingerprint density at radius 1 is 1.57 bits per heavy atom. The molecule has 0 saturated carbocycles. The summed E-state index contributed by atoms with van der Waals surface area (Å²) in [5.41, 5.74) is 5.53. The van der Waals surface area contributed by atoms with E-state index in [4.69, 9.17) is 10.5 Å². The molecule has 0 amide bonds. The van der Waals surface area contributed by atoms with E-state index in [1.165, 1.54) is 0 Å². The number of nitrogens with two attached hydrogens (primary N) is 1. The second kappa shape index (κ2) is 3.48. The Hall–Kier alpha value is -1.26. The fraction of sp³-hybridized carbons (Fsp3) is 0.400. The van der Waals surface area contributed by atoms with Crippen molar-refractivity contribution in [1.29, 1.82) is 0 Å². The van der Waals surface area contributed by atoms with E-state index < -0.39 is 5.41 Å². The Balaban J connectivity index is 2.23. The molecule has 74 valence electrons. The van der Waals surface area contributed by atoms with Crippen LogP contribution in [0.25, 0.3) is 0 Å². The van der Waals surface area contributed by atoms with Gasteiger partial charge in [-0.3, -0.25) is 9.78 Å². The molecule has 2 rings (SSSR count). The highest BCUT2D eigenvalue weighted by Gasteiger charge is 2.45. The number of aromatic nitrogens is 1. The Kier molecular flexibility index (Phi) is 2.31. The summed E-state index contributed by atoms with van der Waals surface area (Å²) in [6.07, 6.45) is 1.61. The van der Waals surface area contributed by atoms with Crippen LogP contribution in [0.1, 0.15) is 10.5 Å². The van der Waals surface area contributed by atoms with Crippen molar-refractivity contribution in [3.63, 3.8) is 0 Å². The van der Waals surface area contributed by atoms with Crippen LogP contribution >= 0.6 is 0 Å². The molecule has 1 aromatic rings. The third kappa shape index (κ3) is 1.32. The van der Waals surface area contributed by atoms with Gasteiger partial charge in [0.15, 0.2) is 5.78 Å². The smallest absolute Gasteiger partial charge is 0.193 e. The number of pyridine rings is 1. The largest absolute Gasteiger partial charge is 0.379 e. The lowest BCUT2D eigenvalue weighted by Gasteiger charge is -2.38. The van der Waals surface area contributed by atoms with Gasteiger partial charge in [0.2, 0.25) is 0 Å². The molecular weight excluding hydrogens is 180 g/mol. The van der Waals surface area contributed by atoms with Crippen LogP contribution in [0.5, 0.6) is 0 Å². The third-order valence-electron chi connectivity index (χ3n) is 2.53. The second-order valence-electron chi connectivity index (χ2n) is 3.52. The quantitative estimate of drug-likeness (QED) is 0.697. The van der Waals surface area contributed by atoms with Crippen LogP contribution in [0.2, 0.25) is 0 Å². The van der Waals surface area contributed by atoms with Crippen molar-refractivity contribution in [1.82, 2.24) is 4.98 Å². The molecule has 1 saturated heterocycles. The van der Waals surface area contributed by atoms with Gasteiger partial charge in [0.25, 0.3) is 0 Å². The molecule has 4 heteroatoms. The standard InChI is InChI=1S/C10H12N2O2/c11-5-10(6-14-7-10)9(13)8-3-1-2-4-12-8/h1-4H,5-7,11H2. The number of rotatable bonds is 3. The van der Waals surface area contributed by atoms with Gasteiger partial charge in [-0.05, 0) is 12.1 Å². The third-order valence-corrected chi connectivity index (χ3v) is 2.53. The maximum absolute atomic E-state index is 12.0. The molecule has 0 aliphatic carbocycles. The van der Waals surface area contributed by atoms with E-state index >= 15 is 0 Å². The van der Waals surface area contributed by atoms with Gasteiger partial charge in [0, 0.05) is 12.7 Å². The minimum atomic E-state index is -0.519. The molecule has 0 aromatic carbocycles. The topological polar surface area (TPSA) is 65.2 Å². The minimum absolute atomic E-state index is 0.00755. The van der Waals surface area contributed by atoms with Gasteiger partial charge in [0.1, 0.15) is 5.69 Å². The maximum atomic E-state index is 12.0. The number of ether oxygens (including phenoxy) is 1. The molecule has 0 spiro atoms. The summed E-state index contributed by atoms with van der Waals surface area (Å²) in [5, 5.41) is 0. The van der Waals surface area contributed by atoms with Gasteiger partial charge in [-0.15, -0.1) is 0 Å². The summed E-state index contributed by atoms with van der Waals surface area (Å²) in [6.45, 7) is 1.15. The molecule has 0 radical (unpaired) electrons. The predicted octanol–water partition coefficient (Wildman–Crippen LogP) is 0.240. The van der Waals surface area contributed by atoms with E-state index in [9.17, 15) is 4.79 Å². The fourth-order valence-corrected chi connectivity index (χ4v) is 1.46. The molecule has 1 aromatic heterocycles. The second-order valence-corrected chi connectivity index (χ2v) is 3.52. The first-order chi connectivity index (χ1) is 6.78. The Morgan fingerprint density at radius 2 is 2.36 bits per heavy atom. The van der Waals surface area contributed by atoms with Gasteiger partial charge >= 0.3 is 0 Å². The monoisotopic (exact) mass is 192 g/mol. The van der Waals surface area contributed by atoms with E-state index in [-0.39, 0.29) is 5.78 Å². The minimum Gasteiger partial charge on any atom is -0.379 e. The van der Waals surface area contributed by atoms with Crippen molar-refractivity contribution < 1.29 is 9.53 Å². The normalized spacial score (nSPS) is 18.6. The molecule has 1 fully saturated rings. The summed E-state index contributed by atoms with van der Waals surface area (Å²) >= 11 is 0. The van der Waals surface area contributed by atoms with Crippen LogP contribution in [0.15, 0.2) is 24.4 Å². The van der Waals surface area contributed by atoms with Gasteiger partial charge in [0.05, 0.1) is 18.6 Å². The zero-order valence-electron chi connectivity index (χ0n) is 7.77.